The van der Waals surface area contributed by atoms with Crippen molar-refractivity contribution in [3.05, 3.63) is 28.2 Å². The molecular weight excluding hydrogens is 337 g/mol. The van der Waals surface area contributed by atoms with Crippen LogP contribution in [0.5, 0.6) is 0 Å². The minimum atomic E-state index is -0.296. The van der Waals surface area contributed by atoms with E-state index in [0.29, 0.717) is 22.3 Å². The van der Waals surface area contributed by atoms with Crippen molar-refractivity contribution >= 4 is 40.7 Å². The second-order valence-electron chi connectivity index (χ2n) is 6.27. The number of halogens is 2. The van der Waals surface area contributed by atoms with E-state index < -0.39 is 0 Å². The van der Waals surface area contributed by atoms with Gasteiger partial charge in [-0.3, -0.25) is 14.5 Å². The van der Waals surface area contributed by atoms with Crippen LogP contribution in [0.1, 0.15) is 27.7 Å². The summed E-state index contributed by atoms with van der Waals surface area (Å²) in [5.74, 6) is -0.351. The fraction of sp³-hybridized carbons (Fsp3) is 0.500. The third-order valence-corrected chi connectivity index (χ3v) is 3.45. The van der Waals surface area contributed by atoms with Gasteiger partial charge in [0.15, 0.2) is 0 Å². The summed E-state index contributed by atoms with van der Waals surface area (Å²) in [6.07, 6.45) is 0. The predicted molar refractivity (Wildman–Crippen MR) is 95.1 cm³/mol. The van der Waals surface area contributed by atoms with Gasteiger partial charge in [-0.15, -0.1) is 0 Å². The van der Waals surface area contributed by atoms with Crippen LogP contribution in [0, 0.1) is 0 Å². The van der Waals surface area contributed by atoms with E-state index in [1.54, 1.807) is 23.1 Å². The zero-order chi connectivity index (χ0) is 17.6. The number of nitrogens with zero attached hydrogens (tertiary/aromatic N) is 1. The lowest BCUT2D eigenvalue weighted by atomic mass is 10.1. The van der Waals surface area contributed by atoms with Crippen molar-refractivity contribution in [3.8, 4) is 0 Å². The minimum Gasteiger partial charge on any atom is -0.350 e. The number of carbonyl (C=O) groups is 2. The van der Waals surface area contributed by atoms with Gasteiger partial charge < -0.3 is 10.6 Å². The van der Waals surface area contributed by atoms with Crippen LogP contribution in [-0.2, 0) is 9.59 Å². The molecule has 0 aliphatic carbocycles. The first-order valence-corrected chi connectivity index (χ1v) is 8.14. The van der Waals surface area contributed by atoms with Crippen molar-refractivity contribution in [1.82, 2.24) is 10.2 Å². The van der Waals surface area contributed by atoms with Crippen LogP contribution in [0.15, 0.2) is 18.2 Å². The maximum atomic E-state index is 12.1. The van der Waals surface area contributed by atoms with E-state index >= 15 is 0 Å². The van der Waals surface area contributed by atoms with Gasteiger partial charge in [0, 0.05) is 10.6 Å². The van der Waals surface area contributed by atoms with E-state index in [0.717, 1.165) is 0 Å². The molecular formula is C16H23Cl2N3O2. The molecule has 0 unspecified atom stereocenters. The fourth-order valence-electron chi connectivity index (χ4n) is 1.92. The number of carbonyl (C=O) groups excluding carboxylic acids is 2. The highest BCUT2D eigenvalue weighted by atomic mass is 35.5. The van der Waals surface area contributed by atoms with E-state index in [1.807, 2.05) is 27.7 Å². The third-order valence-electron chi connectivity index (χ3n) is 2.90. The number of nitrogens with one attached hydrogen (secondary N) is 2. The van der Waals surface area contributed by atoms with Gasteiger partial charge in [-0.1, -0.05) is 30.1 Å². The van der Waals surface area contributed by atoms with Crippen LogP contribution < -0.4 is 10.6 Å². The standard InChI is InChI=1S/C16H23Cl2N3O2/c1-5-21(10-15(23)20-16(2,3)4)9-14(22)19-13-7-6-11(17)8-12(13)18/h6-8H,5,9-10H2,1-4H3,(H,19,22)(H,20,23). The largest absolute Gasteiger partial charge is 0.350 e. The summed E-state index contributed by atoms with van der Waals surface area (Å²) in [5, 5.41) is 6.47. The first-order chi connectivity index (χ1) is 10.6. The number of amides is 2. The fourth-order valence-corrected chi connectivity index (χ4v) is 2.38. The van der Waals surface area contributed by atoms with E-state index in [-0.39, 0.29) is 30.4 Å². The van der Waals surface area contributed by atoms with Gasteiger partial charge in [0.1, 0.15) is 0 Å². The lowest BCUT2D eigenvalue weighted by molar-refractivity contribution is -0.124. The summed E-state index contributed by atoms with van der Waals surface area (Å²) < 4.78 is 0. The molecule has 1 aromatic carbocycles. The third kappa shape index (κ3) is 7.68. The molecule has 0 aliphatic heterocycles. The Morgan fingerprint density at radius 2 is 1.74 bits per heavy atom. The molecule has 7 heteroatoms. The summed E-state index contributed by atoms with van der Waals surface area (Å²) in [7, 11) is 0. The number of anilines is 1. The van der Waals surface area contributed by atoms with Crippen molar-refractivity contribution in [2.24, 2.45) is 0 Å². The van der Waals surface area contributed by atoms with Crippen molar-refractivity contribution in [1.29, 1.82) is 0 Å². The Kier molecular flexibility index (Phi) is 7.32. The van der Waals surface area contributed by atoms with Crippen molar-refractivity contribution < 1.29 is 9.59 Å². The van der Waals surface area contributed by atoms with E-state index in [4.69, 9.17) is 23.2 Å². The predicted octanol–water partition coefficient (Wildman–Crippen LogP) is 3.17. The molecule has 0 aromatic heterocycles. The monoisotopic (exact) mass is 359 g/mol. The molecule has 0 aliphatic rings. The average Bonchev–Trinajstić information content (AvgIpc) is 2.39. The average molecular weight is 360 g/mol. The van der Waals surface area contributed by atoms with Gasteiger partial charge in [0.05, 0.1) is 23.8 Å². The van der Waals surface area contributed by atoms with Crippen LogP contribution in [0.2, 0.25) is 10.0 Å². The van der Waals surface area contributed by atoms with Crippen LogP contribution in [0.25, 0.3) is 0 Å². The highest BCUT2D eigenvalue weighted by Crippen LogP contribution is 2.25. The molecule has 0 bridgehead atoms. The number of hydrogen-bond donors (Lipinski definition) is 2. The topological polar surface area (TPSA) is 61.4 Å². The van der Waals surface area contributed by atoms with Crippen molar-refractivity contribution in [2.75, 3.05) is 25.0 Å². The van der Waals surface area contributed by atoms with E-state index in [1.165, 1.54) is 0 Å². The minimum absolute atomic E-state index is 0.104. The van der Waals surface area contributed by atoms with Gasteiger partial charge in [-0.2, -0.15) is 0 Å². The highest BCUT2D eigenvalue weighted by Gasteiger charge is 2.18. The molecule has 0 radical (unpaired) electrons. The number of benzene rings is 1. The SMILES string of the molecule is CCN(CC(=O)Nc1ccc(Cl)cc1Cl)CC(=O)NC(C)(C)C. The molecule has 23 heavy (non-hydrogen) atoms. The Hall–Kier alpha value is -1.30. The molecule has 2 amide bonds. The van der Waals surface area contributed by atoms with E-state index in [2.05, 4.69) is 10.6 Å². The summed E-state index contributed by atoms with van der Waals surface area (Å²) in [4.78, 5) is 25.8. The Balaban J connectivity index is 2.58. The number of rotatable bonds is 6. The molecule has 128 valence electrons. The smallest absolute Gasteiger partial charge is 0.238 e. The van der Waals surface area contributed by atoms with Crippen LogP contribution in [0.3, 0.4) is 0 Å². The summed E-state index contributed by atoms with van der Waals surface area (Å²) in [5.41, 5.74) is 0.200. The lowest BCUT2D eigenvalue weighted by Crippen LogP contribution is -2.47. The Morgan fingerprint density at radius 3 is 2.26 bits per heavy atom. The molecule has 2 N–H and O–H groups in total. The number of hydrogen-bond acceptors (Lipinski definition) is 3. The quantitative estimate of drug-likeness (QED) is 0.819. The molecule has 0 atom stereocenters. The Morgan fingerprint density at radius 1 is 1.13 bits per heavy atom. The van der Waals surface area contributed by atoms with Crippen molar-refractivity contribution in [2.45, 2.75) is 33.2 Å². The highest BCUT2D eigenvalue weighted by molar-refractivity contribution is 6.36. The van der Waals surface area contributed by atoms with Gasteiger partial charge in [-0.25, -0.2) is 0 Å². The molecule has 0 fully saturated rings. The Bertz CT molecular complexity index is 571. The zero-order valence-corrected chi connectivity index (χ0v) is 15.4. The first kappa shape index (κ1) is 19.7. The van der Waals surface area contributed by atoms with Gasteiger partial charge in [0.2, 0.25) is 11.8 Å². The zero-order valence-electron chi connectivity index (χ0n) is 13.9. The number of likely N-dealkylation sites (N-methyl/N-ethyl adjacent to an activating group) is 1. The lowest BCUT2D eigenvalue weighted by Gasteiger charge is -2.24. The van der Waals surface area contributed by atoms with E-state index in [9.17, 15) is 9.59 Å². The second-order valence-corrected chi connectivity index (χ2v) is 7.12. The normalized spacial score (nSPS) is 11.4. The second kappa shape index (κ2) is 8.52. The Labute approximate surface area is 147 Å². The molecule has 0 saturated carbocycles. The maximum Gasteiger partial charge on any atom is 0.238 e. The molecule has 0 saturated heterocycles. The summed E-state index contributed by atoms with van der Waals surface area (Å²) >= 11 is 11.8. The molecule has 1 aromatic rings. The van der Waals surface area contributed by atoms with Crippen molar-refractivity contribution in [3.63, 3.8) is 0 Å². The van der Waals surface area contributed by atoms with Crippen LogP contribution >= 0.6 is 23.2 Å². The first-order valence-electron chi connectivity index (χ1n) is 7.39. The summed E-state index contributed by atoms with van der Waals surface area (Å²) in [6, 6.07) is 4.86. The maximum absolute atomic E-state index is 12.1. The van der Waals surface area contributed by atoms with Crippen LogP contribution in [0.4, 0.5) is 5.69 Å². The summed E-state index contributed by atoms with van der Waals surface area (Å²) in [6.45, 7) is 8.48. The molecule has 0 heterocycles. The molecule has 1 rings (SSSR count). The van der Waals surface area contributed by atoms with Gasteiger partial charge in [-0.05, 0) is 45.5 Å². The molecule has 5 nitrogen and oxygen atoms in total. The van der Waals surface area contributed by atoms with Gasteiger partial charge >= 0.3 is 0 Å². The molecule has 0 spiro atoms. The van der Waals surface area contributed by atoms with Gasteiger partial charge in [0.25, 0.3) is 0 Å². The van der Waals surface area contributed by atoms with Crippen LogP contribution in [-0.4, -0.2) is 41.9 Å².